The molecule has 1 aromatic heterocycles. The molecule has 1 heterocycles. The van der Waals surface area contributed by atoms with E-state index in [2.05, 4.69) is 11.2 Å². The summed E-state index contributed by atoms with van der Waals surface area (Å²) in [5, 5.41) is 4.97. The molecule has 3 rings (SSSR count). The molecule has 152 valence electrons. The molecule has 1 atom stereocenters. The molecule has 6 nitrogen and oxygen atoms in total. The third-order valence-corrected chi connectivity index (χ3v) is 5.93. The topological polar surface area (TPSA) is 67.9 Å². The Morgan fingerprint density at radius 1 is 1.24 bits per heavy atom. The maximum absolute atomic E-state index is 13.3. The SMILES string of the molecule is C#CC(=O)N(c1ccc(OC)cc1OC)[C@@H](C(=O)NC1CCCC1)c1cccs1. The first kappa shape index (κ1) is 20.7. The lowest BCUT2D eigenvalue weighted by molar-refractivity contribution is -0.125. The van der Waals surface area contributed by atoms with Gasteiger partial charge in [0.05, 0.1) is 19.9 Å². The van der Waals surface area contributed by atoms with Gasteiger partial charge in [0.2, 0.25) is 5.91 Å². The molecule has 2 aromatic rings. The molecule has 1 aliphatic carbocycles. The van der Waals surface area contributed by atoms with Crippen LogP contribution in [-0.4, -0.2) is 32.1 Å². The fourth-order valence-corrected chi connectivity index (χ4v) is 4.40. The molecule has 0 spiro atoms. The lowest BCUT2D eigenvalue weighted by Crippen LogP contribution is -2.46. The number of nitrogens with one attached hydrogen (secondary N) is 1. The van der Waals surface area contributed by atoms with Crippen molar-refractivity contribution < 1.29 is 19.1 Å². The number of amides is 2. The number of benzene rings is 1. The number of hydrogen-bond donors (Lipinski definition) is 1. The Morgan fingerprint density at radius 3 is 2.59 bits per heavy atom. The van der Waals surface area contributed by atoms with Crippen molar-refractivity contribution in [1.29, 1.82) is 0 Å². The Kier molecular flexibility index (Phi) is 6.78. The first-order valence-corrected chi connectivity index (χ1v) is 10.3. The lowest BCUT2D eigenvalue weighted by Gasteiger charge is -2.31. The van der Waals surface area contributed by atoms with Gasteiger partial charge in [0.1, 0.15) is 11.5 Å². The van der Waals surface area contributed by atoms with E-state index in [-0.39, 0.29) is 11.9 Å². The number of carbonyl (C=O) groups is 2. The Hall–Kier alpha value is -2.98. The van der Waals surface area contributed by atoms with E-state index in [0.717, 1.165) is 30.6 Å². The average Bonchev–Trinajstić information content (AvgIpc) is 3.45. The van der Waals surface area contributed by atoms with Crippen LogP contribution in [0.15, 0.2) is 35.7 Å². The van der Waals surface area contributed by atoms with Crippen LogP contribution in [0.2, 0.25) is 0 Å². The van der Waals surface area contributed by atoms with Crippen LogP contribution in [0.4, 0.5) is 5.69 Å². The van der Waals surface area contributed by atoms with E-state index in [4.69, 9.17) is 15.9 Å². The van der Waals surface area contributed by atoms with Gasteiger partial charge in [0.25, 0.3) is 0 Å². The second-order valence-corrected chi connectivity index (χ2v) is 7.74. The Bertz CT molecular complexity index is 898. The van der Waals surface area contributed by atoms with E-state index >= 15 is 0 Å². The predicted molar refractivity (Wildman–Crippen MR) is 113 cm³/mol. The number of thiophene rings is 1. The predicted octanol–water partition coefficient (Wildman–Crippen LogP) is 3.53. The molecule has 0 bridgehead atoms. The number of nitrogens with zero attached hydrogens (tertiary/aromatic N) is 1. The smallest absolute Gasteiger partial charge is 0.303 e. The minimum atomic E-state index is -0.888. The van der Waals surface area contributed by atoms with E-state index in [1.807, 2.05) is 17.5 Å². The van der Waals surface area contributed by atoms with E-state index in [1.54, 1.807) is 25.3 Å². The molecule has 0 radical (unpaired) electrons. The van der Waals surface area contributed by atoms with Crippen molar-refractivity contribution in [3.8, 4) is 23.8 Å². The average molecular weight is 413 g/mol. The molecule has 1 aromatic carbocycles. The summed E-state index contributed by atoms with van der Waals surface area (Å²) in [6.45, 7) is 0. The van der Waals surface area contributed by atoms with E-state index in [0.29, 0.717) is 17.2 Å². The van der Waals surface area contributed by atoms with Crippen molar-refractivity contribution in [3.05, 3.63) is 40.6 Å². The van der Waals surface area contributed by atoms with Gasteiger partial charge in [0, 0.05) is 17.0 Å². The number of terminal acetylenes is 1. The number of hydrogen-bond acceptors (Lipinski definition) is 5. The quantitative estimate of drug-likeness (QED) is 0.707. The van der Waals surface area contributed by atoms with Gasteiger partial charge in [-0.2, -0.15) is 0 Å². The number of ether oxygens (including phenoxy) is 2. The summed E-state index contributed by atoms with van der Waals surface area (Å²) >= 11 is 1.40. The van der Waals surface area contributed by atoms with Crippen molar-refractivity contribution in [2.75, 3.05) is 19.1 Å². The molecule has 0 aliphatic heterocycles. The van der Waals surface area contributed by atoms with Crippen LogP contribution in [-0.2, 0) is 9.59 Å². The molecular formula is C22H24N2O4S. The fraction of sp³-hybridized carbons (Fsp3) is 0.364. The number of carbonyl (C=O) groups excluding carboxylic acids is 2. The van der Waals surface area contributed by atoms with Gasteiger partial charge in [-0.3, -0.25) is 14.5 Å². The third-order valence-electron chi connectivity index (χ3n) is 5.01. The van der Waals surface area contributed by atoms with E-state index in [9.17, 15) is 9.59 Å². The minimum Gasteiger partial charge on any atom is -0.497 e. The first-order valence-electron chi connectivity index (χ1n) is 9.44. The summed E-state index contributed by atoms with van der Waals surface area (Å²) in [6, 6.07) is 7.94. The third kappa shape index (κ3) is 4.54. The highest BCUT2D eigenvalue weighted by Crippen LogP contribution is 2.38. The minimum absolute atomic E-state index is 0.116. The number of methoxy groups -OCH3 is 2. The largest absolute Gasteiger partial charge is 0.497 e. The Morgan fingerprint density at radius 2 is 2.00 bits per heavy atom. The molecule has 7 heteroatoms. The molecule has 0 unspecified atom stereocenters. The van der Waals surface area contributed by atoms with Gasteiger partial charge in [-0.1, -0.05) is 18.9 Å². The van der Waals surface area contributed by atoms with Gasteiger partial charge in [-0.25, -0.2) is 0 Å². The maximum Gasteiger partial charge on any atom is 0.303 e. The maximum atomic E-state index is 13.3. The van der Waals surface area contributed by atoms with Crippen molar-refractivity contribution in [1.82, 2.24) is 5.32 Å². The van der Waals surface area contributed by atoms with Crippen LogP contribution < -0.4 is 19.7 Å². The van der Waals surface area contributed by atoms with Gasteiger partial charge in [-0.15, -0.1) is 17.8 Å². The molecule has 1 fully saturated rings. The summed E-state index contributed by atoms with van der Waals surface area (Å²) in [6.07, 6.45) is 9.54. The summed E-state index contributed by atoms with van der Waals surface area (Å²) < 4.78 is 10.7. The second kappa shape index (κ2) is 9.48. The molecule has 2 amide bonds. The number of rotatable bonds is 7. The summed E-state index contributed by atoms with van der Waals surface area (Å²) in [5.41, 5.74) is 0.413. The van der Waals surface area contributed by atoms with Gasteiger partial charge < -0.3 is 14.8 Å². The molecule has 1 N–H and O–H groups in total. The zero-order chi connectivity index (χ0) is 20.8. The molecule has 0 saturated heterocycles. The summed E-state index contributed by atoms with van der Waals surface area (Å²) in [7, 11) is 3.04. The number of anilines is 1. The van der Waals surface area contributed by atoms with Crippen LogP contribution in [0.5, 0.6) is 11.5 Å². The standard InChI is InChI=1S/C22H24N2O4S/c1-4-20(25)24(17-12-11-16(27-2)14-18(17)28-3)21(19-10-7-13-29-19)22(26)23-15-8-5-6-9-15/h1,7,10-15,21H,5-6,8-9H2,2-3H3,(H,23,26)/t21-/m1/s1. The molecule has 1 aliphatic rings. The Balaban J connectivity index is 2.06. The van der Waals surface area contributed by atoms with Crippen LogP contribution in [0.25, 0.3) is 0 Å². The normalized spacial score (nSPS) is 14.7. The van der Waals surface area contributed by atoms with Gasteiger partial charge in [0.15, 0.2) is 6.04 Å². The fourth-order valence-electron chi connectivity index (χ4n) is 3.59. The lowest BCUT2D eigenvalue weighted by atomic mass is 10.1. The highest BCUT2D eigenvalue weighted by atomic mass is 32.1. The zero-order valence-electron chi connectivity index (χ0n) is 16.5. The molecule has 29 heavy (non-hydrogen) atoms. The van der Waals surface area contributed by atoms with Gasteiger partial charge >= 0.3 is 5.91 Å². The van der Waals surface area contributed by atoms with Gasteiger partial charge in [-0.05, 0) is 42.3 Å². The summed E-state index contributed by atoms with van der Waals surface area (Å²) in [5.74, 6) is 2.26. The van der Waals surface area contributed by atoms with E-state index in [1.165, 1.54) is 23.3 Å². The van der Waals surface area contributed by atoms with E-state index < -0.39 is 11.9 Å². The highest BCUT2D eigenvalue weighted by molar-refractivity contribution is 7.10. The first-order chi connectivity index (χ1) is 14.1. The van der Waals surface area contributed by atoms with Crippen molar-refractivity contribution in [2.45, 2.75) is 37.8 Å². The van der Waals surface area contributed by atoms with Crippen LogP contribution in [0.3, 0.4) is 0 Å². The summed E-state index contributed by atoms with van der Waals surface area (Å²) in [4.78, 5) is 28.2. The van der Waals surface area contributed by atoms with Crippen molar-refractivity contribution >= 4 is 28.8 Å². The molecule has 1 saturated carbocycles. The molecular weight excluding hydrogens is 388 g/mol. The van der Waals surface area contributed by atoms with Crippen LogP contribution in [0.1, 0.15) is 36.6 Å². The van der Waals surface area contributed by atoms with Crippen LogP contribution in [0, 0.1) is 12.3 Å². The second-order valence-electron chi connectivity index (χ2n) is 6.77. The van der Waals surface area contributed by atoms with Crippen molar-refractivity contribution in [3.63, 3.8) is 0 Å². The zero-order valence-corrected chi connectivity index (χ0v) is 17.3. The Labute approximate surface area is 174 Å². The highest BCUT2D eigenvalue weighted by Gasteiger charge is 2.35. The van der Waals surface area contributed by atoms with Crippen molar-refractivity contribution in [2.24, 2.45) is 0 Å². The monoisotopic (exact) mass is 412 g/mol. The van der Waals surface area contributed by atoms with Crippen LogP contribution >= 0.6 is 11.3 Å².